The van der Waals surface area contributed by atoms with Gasteiger partial charge in [-0.1, -0.05) is 60.5 Å². The molecule has 0 aliphatic rings. The molecule has 1 N–H and O–H groups in total. The highest BCUT2D eigenvalue weighted by Crippen LogP contribution is 2.33. The van der Waals surface area contributed by atoms with Crippen LogP contribution in [0.2, 0.25) is 0 Å². The van der Waals surface area contributed by atoms with Crippen molar-refractivity contribution in [1.29, 1.82) is 0 Å². The first-order valence-corrected chi connectivity index (χ1v) is 15.0. The molecule has 0 bridgehead atoms. The number of nitrogens with one attached hydrogen (secondary N) is 1. The van der Waals surface area contributed by atoms with E-state index in [9.17, 15) is 31.2 Å². The number of aryl methyl sites for hydroxylation is 2. The number of sulfonamides is 1. The number of rotatable bonds is 11. The second-order valence-corrected chi connectivity index (χ2v) is 12.2. The maximum Gasteiger partial charge on any atom is 0.416 e. The first-order valence-electron chi connectivity index (χ1n) is 13.6. The predicted octanol–water partition coefficient (Wildman–Crippen LogP) is 5.85. The lowest BCUT2D eigenvalue weighted by molar-refractivity contribution is -0.139. The maximum atomic E-state index is 13.9. The lowest BCUT2D eigenvalue weighted by Gasteiger charge is -2.32. The summed E-state index contributed by atoms with van der Waals surface area (Å²) in [5.74, 6) is -1.19. The monoisotopic (exact) mass is 603 g/mol. The van der Waals surface area contributed by atoms with E-state index < -0.39 is 46.2 Å². The minimum atomic E-state index is -4.74. The van der Waals surface area contributed by atoms with Gasteiger partial charge in [-0.15, -0.1) is 0 Å². The molecule has 0 saturated heterocycles. The highest BCUT2D eigenvalue weighted by molar-refractivity contribution is 7.92. The number of amides is 2. The molecule has 0 aromatic heterocycles. The summed E-state index contributed by atoms with van der Waals surface area (Å²) >= 11 is 0. The smallest absolute Gasteiger partial charge is 0.352 e. The van der Waals surface area contributed by atoms with E-state index in [1.807, 2.05) is 32.9 Å². The van der Waals surface area contributed by atoms with Crippen LogP contribution in [0.3, 0.4) is 0 Å². The Morgan fingerprint density at radius 3 is 2.14 bits per heavy atom. The van der Waals surface area contributed by atoms with Gasteiger partial charge in [0, 0.05) is 12.6 Å². The molecule has 2 atom stereocenters. The van der Waals surface area contributed by atoms with Crippen LogP contribution < -0.4 is 9.62 Å². The fourth-order valence-electron chi connectivity index (χ4n) is 4.26. The second-order valence-electron chi connectivity index (χ2n) is 10.4. The van der Waals surface area contributed by atoms with Crippen LogP contribution >= 0.6 is 0 Å². The van der Waals surface area contributed by atoms with Crippen molar-refractivity contribution in [3.05, 3.63) is 95.1 Å². The summed E-state index contributed by atoms with van der Waals surface area (Å²) in [6, 6.07) is 15.7. The average Bonchev–Trinajstić information content (AvgIpc) is 2.93. The largest absolute Gasteiger partial charge is 0.416 e. The van der Waals surface area contributed by atoms with Crippen LogP contribution in [-0.4, -0.2) is 43.8 Å². The number of carbonyl (C=O) groups is 2. The van der Waals surface area contributed by atoms with Crippen LogP contribution in [0.4, 0.5) is 18.9 Å². The highest BCUT2D eigenvalue weighted by Gasteiger charge is 2.35. The molecule has 11 heteroatoms. The molecule has 0 aliphatic heterocycles. The topological polar surface area (TPSA) is 86.8 Å². The summed E-state index contributed by atoms with van der Waals surface area (Å²) in [6.07, 6.45) is -4.08. The number of carbonyl (C=O) groups excluding carboxylic acids is 2. The van der Waals surface area contributed by atoms with Crippen molar-refractivity contribution in [1.82, 2.24) is 10.2 Å². The van der Waals surface area contributed by atoms with Gasteiger partial charge in [0.25, 0.3) is 10.0 Å². The third kappa shape index (κ3) is 8.12. The number of anilines is 1. The Morgan fingerprint density at radius 1 is 0.905 bits per heavy atom. The van der Waals surface area contributed by atoms with E-state index in [1.54, 1.807) is 31.2 Å². The van der Waals surface area contributed by atoms with Gasteiger partial charge in [0.05, 0.1) is 16.1 Å². The van der Waals surface area contributed by atoms with Crippen LogP contribution in [0.5, 0.6) is 0 Å². The Hall–Kier alpha value is -3.86. The second kappa shape index (κ2) is 13.4. The van der Waals surface area contributed by atoms with Gasteiger partial charge >= 0.3 is 6.18 Å². The summed E-state index contributed by atoms with van der Waals surface area (Å²) < 4.78 is 69.2. The van der Waals surface area contributed by atoms with E-state index >= 15 is 0 Å². The van der Waals surface area contributed by atoms with Crippen molar-refractivity contribution in [3.63, 3.8) is 0 Å². The average molecular weight is 604 g/mol. The Labute approximate surface area is 245 Å². The zero-order valence-electron chi connectivity index (χ0n) is 24.3. The van der Waals surface area contributed by atoms with Gasteiger partial charge < -0.3 is 10.2 Å². The molecule has 0 fully saturated rings. The molecule has 3 aromatic rings. The lowest BCUT2D eigenvalue weighted by Crippen LogP contribution is -2.52. The summed E-state index contributed by atoms with van der Waals surface area (Å²) in [4.78, 5) is 28.1. The SMILES string of the molecule is CC[C@@H](C)NC(=O)[C@@H](C)N(Cc1cccc(C)c1)C(=O)CN(c1cccc(C(F)(F)F)c1)S(=O)(=O)c1ccc(C)cc1. The summed E-state index contributed by atoms with van der Waals surface area (Å²) in [5.41, 5.74) is 1.02. The third-order valence-corrected chi connectivity index (χ3v) is 8.74. The van der Waals surface area contributed by atoms with E-state index in [0.717, 1.165) is 23.3 Å². The zero-order chi connectivity index (χ0) is 31.2. The predicted molar refractivity (Wildman–Crippen MR) is 156 cm³/mol. The van der Waals surface area contributed by atoms with Crippen molar-refractivity contribution in [2.75, 3.05) is 10.8 Å². The maximum absolute atomic E-state index is 13.9. The van der Waals surface area contributed by atoms with Gasteiger partial charge in [-0.05, 0) is 70.0 Å². The number of hydrogen-bond donors (Lipinski definition) is 1. The fourth-order valence-corrected chi connectivity index (χ4v) is 5.66. The zero-order valence-corrected chi connectivity index (χ0v) is 25.1. The number of halogens is 3. The van der Waals surface area contributed by atoms with E-state index in [0.29, 0.717) is 22.4 Å². The fraction of sp³-hybridized carbons (Fsp3) is 0.355. The van der Waals surface area contributed by atoms with Gasteiger partial charge in [-0.3, -0.25) is 13.9 Å². The molecule has 0 aliphatic carbocycles. The number of hydrogen-bond acceptors (Lipinski definition) is 4. The van der Waals surface area contributed by atoms with Gasteiger partial charge in [0.2, 0.25) is 11.8 Å². The van der Waals surface area contributed by atoms with Gasteiger partial charge in [0.15, 0.2) is 0 Å². The third-order valence-electron chi connectivity index (χ3n) is 6.95. The van der Waals surface area contributed by atoms with Crippen LogP contribution in [-0.2, 0) is 32.3 Å². The molecule has 3 rings (SSSR count). The van der Waals surface area contributed by atoms with E-state index in [-0.39, 0.29) is 23.2 Å². The molecule has 226 valence electrons. The quantitative estimate of drug-likeness (QED) is 0.298. The Balaban J connectivity index is 2.09. The molecule has 2 amide bonds. The van der Waals surface area contributed by atoms with Crippen molar-refractivity contribution in [2.24, 2.45) is 0 Å². The molecule has 0 spiro atoms. The normalized spacial score (nSPS) is 13.2. The first-order chi connectivity index (χ1) is 19.6. The molecular weight excluding hydrogens is 567 g/mol. The first kappa shape index (κ1) is 32.7. The number of benzene rings is 3. The van der Waals surface area contributed by atoms with Gasteiger partial charge in [0.1, 0.15) is 12.6 Å². The van der Waals surface area contributed by atoms with Crippen LogP contribution in [0.25, 0.3) is 0 Å². The highest BCUT2D eigenvalue weighted by atomic mass is 32.2. The van der Waals surface area contributed by atoms with Gasteiger partial charge in [-0.25, -0.2) is 8.42 Å². The Bertz CT molecular complexity index is 1510. The van der Waals surface area contributed by atoms with Crippen molar-refractivity contribution in [2.45, 2.75) is 70.7 Å². The van der Waals surface area contributed by atoms with Crippen molar-refractivity contribution in [3.8, 4) is 0 Å². The van der Waals surface area contributed by atoms with Crippen LogP contribution in [0.15, 0.2) is 77.7 Å². The minimum Gasteiger partial charge on any atom is -0.352 e. The summed E-state index contributed by atoms with van der Waals surface area (Å²) in [6.45, 7) is 8.04. The van der Waals surface area contributed by atoms with E-state index in [4.69, 9.17) is 0 Å². The molecule has 0 heterocycles. The van der Waals surface area contributed by atoms with Crippen molar-refractivity contribution >= 4 is 27.5 Å². The minimum absolute atomic E-state index is 0.0172. The molecule has 0 saturated carbocycles. The Morgan fingerprint density at radius 2 is 1.55 bits per heavy atom. The molecule has 3 aromatic carbocycles. The molecule has 0 unspecified atom stereocenters. The molecular formula is C31H36F3N3O4S. The number of nitrogens with zero attached hydrogens (tertiary/aromatic N) is 2. The van der Waals surface area contributed by atoms with E-state index in [1.165, 1.54) is 30.0 Å². The number of alkyl halides is 3. The van der Waals surface area contributed by atoms with E-state index in [2.05, 4.69) is 5.32 Å². The summed E-state index contributed by atoms with van der Waals surface area (Å²) in [5, 5.41) is 2.84. The molecule has 0 radical (unpaired) electrons. The lowest BCUT2D eigenvalue weighted by atomic mass is 10.1. The van der Waals surface area contributed by atoms with Crippen LogP contribution in [0.1, 0.15) is 49.4 Å². The molecule has 42 heavy (non-hydrogen) atoms. The molecule has 7 nitrogen and oxygen atoms in total. The Kier molecular flexibility index (Phi) is 10.4. The van der Waals surface area contributed by atoms with Gasteiger partial charge in [-0.2, -0.15) is 13.2 Å². The van der Waals surface area contributed by atoms with Crippen LogP contribution in [0, 0.1) is 13.8 Å². The van der Waals surface area contributed by atoms with Crippen molar-refractivity contribution < 1.29 is 31.2 Å². The standard InChI is InChI=1S/C31H36F3N3O4S/c1-6-23(4)35-30(39)24(5)36(19-25-10-7-9-22(3)17-25)29(38)20-37(27-12-8-11-26(18-27)31(32,33)34)42(40,41)28-15-13-21(2)14-16-28/h7-18,23-24H,6,19-20H2,1-5H3,(H,35,39)/t23-,24-/m1/s1. The summed E-state index contributed by atoms with van der Waals surface area (Å²) in [7, 11) is -4.49.